The summed E-state index contributed by atoms with van der Waals surface area (Å²) < 4.78 is 0.911. The monoisotopic (exact) mass is 243 g/mol. The van der Waals surface area contributed by atoms with E-state index in [0.717, 1.165) is 17.0 Å². The van der Waals surface area contributed by atoms with E-state index < -0.39 is 0 Å². The third kappa shape index (κ3) is 3.30. The standard InChI is InChI=1S/C9H14BrN3/c1-7(2)6-13(3)9-11-4-8(10)5-12-9/h4-5,7H,6H2,1-3H3. The van der Waals surface area contributed by atoms with Crippen molar-refractivity contribution >= 4 is 21.9 Å². The number of hydrogen-bond acceptors (Lipinski definition) is 3. The van der Waals surface area contributed by atoms with Gasteiger partial charge in [-0.25, -0.2) is 9.97 Å². The molecule has 0 aromatic carbocycles. The largest absolute Gasteiger partial charge is 0.344 e. The molecule has 13 heavy (non-hydrogen) atoms. The maximum atomic E-state index is 4.20. The van der Waals surface area contributed by atoms with Gasteiger partial charge in [-0.05, 0) is 21.8 Å². The maximum Gasteiger partial charge on any atom is 0.225 e. The van der Waals surface area contributed by atoms with E-state index in [1.54, 1.807) is 12.4 Å². The molecule has 4 heteroatoms. The van der Waals surface area contributed by atoms with E-state index in [1.165, 1.54) is 0 Å². The molecule has 3 nitrogen and oxygen atoms in total. The Morgan fingerprint density at radius 1 is 1.38 bits per heavy atom. The van der Waals surface area contributed by atoms with Crippen LogP contribution < -0.4 is 4.90 Å². The number of anilines is 1. The number of aromatic nitrogens is 2. The molecule has 0 atom stereocenters. The van der Waals surface area contributed by atoms with Crippen molar-refractivity contribution in [2.45, 2.75) is 13.8 Å². The van der Waals surface area contributed by atoms with E-state index in [-0.39, 0.29) is 0 Å². The molecule has 0 saturated carbocycles. The second kappa shape index (κ2) is 4.56. The Balaban J connectivity index is 2.66. The van der Waals surface area contributed by atoms with E-state index in [9.17, 15) is 0 Å². The first-order valence-electron chi connectivity index (χ1n) is 4.28. The van der Waals surface area contributed by atoms with Crippen LogP contribution in [0.25, 0.3) is 0 Å². The third-order valence-electron chi connectivity index (χ3n) is 1.59. The summed E-state index contributed by atoms with van der Waals surface area (Å²) in [5.41, 5.74) is 0. The van der Waals surface area contributed by atoms with Gasteiger partial charge in [-0.15, -0.1) is 0 Å². The molecule has 0 aliphatic rings. The van der Waals surface area contributed by atoms with Crippen LogP contribution in [0, 0.1) is 5.92 Å². The number of halogens is 1. The highest BCUT2D eigenvalue weighted by Gasteiger charge is 2.05. The zero-order chi connectivity index (χ0) is 9.84. The zero-order valence-corrected chi connectivity index (χ0v) is 9.74. The lowest BCUT2D eigenvalue weighted by molar-refractivity contribution is 0.630. The van der Waals surface area contributed by atoms with Gasteiger partial charge in [0, 0.05) is 26.0 Å². The van der Waals surface area contributed by atoms with Crippen molar-refractivity contribution in [3.63, 3.8) is 0 Å². The Morgan fingerprint density at radius 2 is 1.92 bits per heavy atom. The highest BCUT2D eigenvalue weighted by molar-refractivity contribution is 9.10. The summed E-state index contributed by atoms with van der Waals surface area (Å²) in [5, 5.41) is 0. The van der Waals surface area contributed by atoms with Gasteiger partial charge in [0.2, 0.25) is 5.95 Å². The summed E-state index contributed by atoms with van der Waals surface area (Å²) in [5.74, 6) is 1.40. The predicted octanol–water partition coefficient (Wildman–Crippen LogP) is 2.33. The molecule has 1 aromatic heterocycles. The molecule has 0 saturated heterocycles. The Labute approximate surface area is 87.3 Å². The minimum absolute atomic E-state index is 0.622. The molecule has 0 bridgehead atoms. The molecule has 1 rings (SSSR count). The minimum Gasteiger partial charge on any atom is -0.344 e. The molecule has 0 unspecified atom stereocenters. The van der Waals surface area contributed by atoms with Gasteiger partial charge in [0.1, 0.15) is 0 Å². The third-order valence-corrected chi connectivity index (χ3v) is 2.00. The molecule has 72 valence electrons. The normalized spacial score (nSPS) is 10.5. The van der Waals surface area contributed by atoms with E-state index >= 15 is 0 Å². The summed E-state index contributed by atoms with van der Waals surface area (Å²) >= 11 is 3.30. The Hall–Kier alpha value is -0.640. The summed E-state index contributed by atoms with van der Waals surface area (Å²) in [6, 6.07) is 0. The number of nitrogens with zero attached hydrogens (tertiary/aromatic N) is 3. The van der Waals surface area contributed by atoms with Gasteiger partial charge in [-0.3, -0.25) is 0 Å². The van der Waals surface area contributed by atoms with Gasteiger partial charge < -0.3 is 4.90 Å². The first-order chi connectivity index (χ1) is 6.09. The second-order valence-corrected chi connectivity index (χ2v) is 4.39. The van der Waals surface area contributed by atoms with Gasteiger partial charge in [0.05, 0.1) is 4.47 Å². The SMILES string of the molecule is CC(C)CN(C)c1ncc(Br)cn1. The van der Waals surface area contributed by atoms with Crippen LogP contribution in [0.1, 0.15) is 13.8 Å². The van der Waals surface area contributed by atoms with E-state index in [4.69, 9.17) is 0 Å². The average Bonchev–Trinajstić information content (AvgIpc) is 2.04. The number of hydrogen-bond donors (Lipinski definition) is 0. The average molecular weight is 244 g/mol. The van der Waals surface area contributed by atoms with Gasteiger partial charge in [-0.2, -0.15) is 0 Å². The fraction of sp³-hybridized carbons (Fsp3) is 0.556. The highest BCUT2D eigenvalue weighted by atomic mass is 79.9. The molecular weight excluding hydrogens is 230 g/mol. The summed E-state index contributed by atoms with van der Waals surface area (Å²) in [6.07, 6.45) is 3.53. The van der Waals surface area contributed by atoms with Crippen LogP contribution in [0.2, 0.25) is 0 Å². The molecular formula is C9H14BrN3. The smallest absolute Gasteiger partial charge is 0.225 e. The first kappa shape index (κ1) is 10.4. The van der Waals surface area contributed by atoms with Crippen LogP contribution in [-0.4, -0.2) is 23.6 Å². The van der Waals surface area contributed by atoms with Gasteiger partial charge in [0.15, 0.2) is 0 Å². The van der Waals surface area contributed by atoms with Crippen LogP contribution in [0.3, 0.4) is 0 Å². The van der Waals surface area contributed by atoms with Crippen LogP contribution in [0.5, 0.6) is 0 Å². The molecule has 0 aliphatic carbocycles. The Morgan fingerprint density at radius 3 is 2.38 bits per heavy atom. The van der Waals surface area contributed by atoms with Crippen molar-refractivity contribution in [2.24, 2.45) is 5.92 Å². The minimum atomic E-state index is 0.622. The lowest BCUT2D eigenvalue weighted by Gasteiger charge is -2.18. The van der Waals surface area contributed by atoms with Crippen molar-refractivity contribution in [2.75, 3.05) is 18.5 Å². The summed E-state index contributed by atoms with van der Waals surface area (Å²) in [6.45, 7) is 5.33. The quantitative estimate of drug-likeness (QED) is 0.817. The zero-order valence-electron chi connectivity index (χ0n) is 8.16. The van der Waals surface area contributed by atoms with Crippen molar-refractivity contribution in [1.29, 1.82) is 0 Å². The summed E-state index contributed by atoms with van der Waals surface area (Å²) in [4.78, 5) is 10.5. The molecule has 0 amide bonds. The maximum absolute atomic E-state index is 4.20. The lowest BCUT2D eigenvalue weighted by atomic mass is 10.2. The topological polar surface area (TPSA) is 29.0 Å². The summed E-state index contributed by atoms with van der Waals surface area (Å²) in [7, 11) is 2.00. The fourth-order valence-corrected chi connectivity index (χ4v) is 1.34. The highest BCUT2D eigenvalue weighted by Crippen LogP contribution is 2.10. The molecule has 0 aliphatic heterocycles. The Kier molecular flexibility index (Phi) is 3.66. The van der Waals surface area contributed by atoms with Crippen molar-refractivity contribution in [3.05, 3.63) is 16.9 Å². The Bertz CT molecular complexity index is 258. The predicted molar refractivity (Wildman–Crippen MR) is 57.8 cm³/mol. The van der Waals surface area contributed by atoms with Crippen LogP contribution in [0.15, 0.2) is 16.9 Å². The van der Waals surface area contributed by atoms with Crippen LogP contribution >= 0.6 is 15.9 Å². The van der Waals surface area contributed by atoms with Crippen molar-refractivity contribution in [3.8, 4) is 0 Å². The molecule has 1 heterocycles. The van der Waals surface area contributed by atoms with Crippen LogP contribution in [-0.2, 0) is 0 Å². The van der Waals surface area contributed by atoms with E-state index in [1.807, 2.05) is 7.05 Å². The van der Waals surface area contributed by atoms with Crippen LogP contribution in [0.4, 0.5) is 5.95 Å². The molecule has 1 aromatic rings. The lowest BCUT2D eigenvalue weighted by Crippen LogP contribution is -2.24. The first-order valence-corrected chi connectivity index (χ1v) is 5.07. The molecule has 0 radical (unpaired) electrons. The molecule has 0 fully saturated rings. The van der Waals surface area contributed by atoms with Gasteiger partial charge >= 0.3 is 0 Å². The van der Waals surface area contributed by atoms with Crippen molar-refractivity contribution in [1.82, 2.24) is 9.97 Å². The number of rotatable bonds is 3. The molecule has 0 spiro atoms. The molecule has 0 N–H and O–H groups in total. The van der Waals surface area contributed by atoms with Crippen molar-refractivity contribution < 1.29 is 0 Å². The van der Waals surface area contributed by atoms with Gasteiger partial charge in [-0.1, -0.05) is 13.8 Å². The van der Waals surface area contributed by atoms with Gasteiger partial charge in [0.25, 0.3) is 0 Å². The van der Waals surface area contributed by atoms with E-state index in [2.05, 4.69) is 44.6 Å². The second-order valence-electron chi connectivity index (χ2n) is 3.48. The fourth-order valence-electron chi connectivity index (χ4n) is 1.13. The van der Waals surface area contributed by atoms with E-state index in [0.29, 0.717) is 5.92 Å².